The molecule has 0 amide bonds. The van der Waals surface area contributed by atoms with Gasteiger partial charge in [-0.3, -0.25) is 0 Å². The molecule has 0 bridgehead atoms. The Labute approximate surface area is 109 Å². The van der Waals surface area contributed by atoms with E-state index >= 15 is 0 Å². The lowest BCUT2D eigenvalue weighted by atomic mass is 9.85. The third-order valence-corrected chi connectivity index (χ3v) is 4.69. The summed E-state index contributed by atoms with van der Waals surface area (Å²) in [6.45, 7) is 6.53. The minimum atomic E-state index is 0.0966. The van der Waals surface area contributed by atoms with Crippen LogP contribution in [-0.4, -0.2) is 0 Å². The highest BCUT2D eigenvalue weighted by atomic mass is 35.5. The van der Waals surface area contributed by atoms with Crippen LogP contribution in [0.3, 0.4) is 0 Å². The van der Waals surface area contributed by atoms with E-state index in [-0.39, 0.29) is 6.04 Å². The minimum absolute atomic E-state index is 0.0966. The van der Waals surface area contributed by atoms with Gasteiger partial charge in [0, 0.05) is 11.1 Å². The Balaban J connectivity index is 2.30. The van der Waals surface area contributed by atoms with E-state index in [9.17, 15) is 0 Å². The van der Waals surface area contributed by atoms with Crippen molar-refractivity contribution in [2.24, 2.45) is 17.6 Å². The average molecular weight is 252 g/mol. The smallest absolute Gasteiger partial charge is 0.0456 e. The van der Waals surface area contributed by atoms with Gasteiger partial charge in [-0.2, -0.15) is 0 Å². The van der Waals surface area contributed by atoms with Crippen LogP contribution in [0, 0.1) is 25.7 Å². The molecule has 2 N–H and O–H groups in total. The number of benzene rings is 1. The van der Waals surface area contributed by atoms with Gasteiger partial charge in [-0.05, 0) is 54.9 Å². The Morgan fingerprint density at radius 1 is 1.24 bits per heavy atom. The van der Waals surface area contributed by atoms with Crippen LogP contribution < -0.4 is 5.73 Å². The van der Waals surface area contributed by atoms with Crippen molar-refractivity contribution in [1.82, 2.24) is 0 Å². The highest BCUT2D eigenvalue weighted by molar-refractivity contribution is 6.31. The molecule has 3 unspecified atom stereocenters. The lowest BCUT2D eigenvalue weighted by Gasteiger charge is -2.25. The molecule has 0 aliphatic heterocycles. The van der Waals surface area contributed by atoms with Gasteiger partial charge >= 0.3 is 0 Å². The van der Waals surface area contributed by atoms with Gasteiger partial charge < -0.3 is 5.73 Å². The van der Waals surface area contributed by atoms with E-state index in [1.807, 2.05) is 6.07 Å². The summed E-state index contributed by atoms with van der Waals surface area (Å²) in [5, 5.41) is 0.833. The maximum atomic E-state index is 6.43. The molecule has 1 saturated carbocycles. The van der Waals surface area contributed by atoms with Crippen LogP contribution in [0.4, 0.5) is 0 Å². The van der Waals surface area contributed by atoms with Crippen molar-refractivity contribution in [1.29, 1.82) is 0 Å². The molecular weight excluding hydrogens is 230 g/mol. The lowest BCUT2D eigenvalue weighted by Crippen LogP contribution is -2.23. The molecular formula is C15H22ClN. The summed E-state index contributed by atoms with van der Waals surface area (Å²) in [6, 6.07) is 4.32. The summed E-state index contributed by atoms with van der Waals surface area (Å²) in [5.74, 6) is 1.32. The molecule has 17 heavy (non-hydrogen) atoms. The molecule has 0 radical (unpaired) electrons. The zero-order chi connectivity index (χ0) is 12.6. The fourth-order valence-corrected chi connectivity index (χ4v) is 3.34. The Kier molecular flexibility index (Phi) is 3.79. The predicted molar refractivity (Wildman–Crippen MR) is 74.4 cm³/mol. The maximum absolute atomic E-state index is 6.43. The topological polar surface area (TPSA) is 26.0 Å². The third kappa shape index (κ3) is 2.51. The molecule has 1 aromatic rings. The highest BCUT2D eigenvalue weighted by Crippen LogP contribution is 2.40. The van der Waals surface area contributed by atoms with E-state index in [0.29, 0.717) is 5.92 Å². The van der Waals surface area contributed by atoms with E-state index in [4.69, 9.17) is 17.3 Å². The number of nitrogens with two attached hydrogens (primary N) is 1. The Morgan fingerprint density at radius 3 is 2.47 bits per heavy atom. The van der Waals surface area contributed by atoms with Gasteiger partial charge in [-0.25, -0.2) is 0 Å². The van der Waals surface area contributed by atoms with Crippen LogP contribution in [0.15, 0.2) is 12.1 Å². The van der Waals surface area contributed by atoms with Gasteiger partial charge in [0.15, 0.2) is 0 Å². The van der Waals surface area contributed by atoms with Gasteiger partial charge in [0.25, 0.3) is 0 Å². The summed E-state index contributed by atoms with van der Waals surface area (Å²) in [4.78, 5) is 0. The summed E-state index contributed by atoms with van der Waals surface area (Å²) >= 11 is 6.34. The van der Waals surface area contributed by atoms with Crippen LogP contribution in [0.25, 0.3) is 0 Å². The second-order valence-corrected chi connectivity index (χ2v) is 5.96. The number of hydrogen-bond acceptors (Lipinski definition) is 1. The molecule has 3 atom stereocenters. The Bertz CT molecular complexity index is 414. The minimum Gasteiger partial charge on any atom is -0.324 e. The number of hydrogen-bond donors (Lipinski definition) is 1. The zero-order valence-electron chi connectivity index (χ0n) is 11.0. The first-order valence-corrected chi connectivity index (χ1v) is 6.90. The molecule has 2 rings (SSSR count). The predicted octanol–water partition coefficient (Wildman–Crippen LogP) is 4.39. The molecule has 0 saturated heterocycles. The zero-order valence-corrected chi connectivity index (χ0v) is 11.7. The van der Waals surface area contributed by atoms with Crippen molar-refractivity contribution >= 4 is 11.6 Å². The van der Waals surface area contributed by atoms with E-state index in [0.717, 1.165) is 16.5 Å². The van der Waals surface area contributed by atoms with Crippen molar-refractivity contribution in [3.05, 3.63) is 33.8 Å². The Morgan fingerprint density at radius 2 is 1.88 bits per heavy atom. The van der Waals surface area contributed by atoms with E-state index in [1.165, 1.54) is 30.4 Å². The normalized spacial score (nSPS) is 26.2. The van der Waals surface area contributed by atoms with Crippen LogP contribution in [-0.2, 0) is 0 Å². The van der Waals surface area contributed by atoms with Gasteiger partial charge in [-0.1, -0.05) is 37.4 Å². The van der Waals surface area contributed by atoms with Gasteiger partial charge in [-0.15, -0.1) is 0 Å². The second-order valence-electron chi connectivity index (χ2n) is 5.56. The third-order valence-electron chi connectivity index (χ3n) is 4.36. The van der Waals surface area contributed by atoms with Crippen LogP contribution in [0.2, 0.25) is 5.02 Å². The highest BCUT2D eigenvalue weighted by Gasteiger charge is 2.30. The van der Waals surface area contributed by atoms with Crippen LogP contribution in [0.5, 0.6) is 0 Å². The summed E-state index contributed by atoms with van der Waals surface area (Å²) < 4.78 is 0. The SMILES string of the molecule is Cc1cc(Cl)c(C(N)C2CCCC2C)cc1C. The molecule has 1 aromatic carbocycles. The lowest BCUT2D eigenvalue weighted by molar-refractivity contribution is 0.351. The molecule has 2 heteroatoms. The van der Waals surface area contributed by atoms with Gasteiger partial charge in [0.2, 0.25) is 0 Å². The molecule has 0 spiro atoms. The fourth-order valence-electron chi connectivity index (χ4n) is 3.00. The molecule has 1 aliphatic carbocycles. The summed E-state index contributed by atoms with van der Waals surface area (Å²) in [6.07, 6.45) is 3.86. The number of rotatable bonds is 2. The maximum Gasteiger partial charge on any atom is 0.0456 e. The monoisotopic (exact) mass is 251 g/mol. The Hall–Kier alpha value is -0.530. The molecule has 1 fully saturated rings. The molecule has 0 heterocycles. The van der Waals surface area contributed by atoms with Crippen molar-refractivity contribution in [3.8, 4) is 0 Å². The first-order valence-electron chi connectivity index (χ1n) is 6.53. The number of halogens is 1. The fraction of sp³-hybridized carbons (Fsp3) is 0.600. The second kappa shape index (κ2) is 4.99. The van der Waals surface area contributed by atoms with Crippen LogP contribution in [0.1, 0.15) is 48.9 Å². The first-order chi connectivity index (χ1) is 8.00. The molecule has 1 nitrogen and oxygen atoms in total. The average Bonchev–Trinajstić information content (AvgIpc) is 2.69. The standard InChI is InChI=1S/C15H22ClN/c1-9-5-4-6-12(9)15(17)13-7-10(2)11(3)8-14(13)16/h7-9,12,15H,4-6,17H2,1-3H3. The van der Waals surface area contributed by atoms with Crippen molar-refractivity contribution in [2.45, 2.75) is 46.1 Å². The molecule has 94 valence electrons. The van der Waals surface area contributed by atoms with Crippen molar-refractivity contribution < 1.29 is 0 Å². The quantitative estimate of drug-likeness (QED) is 0.829. The molecule has 0 aromatic heterocycles. The van der Waals surface area contributed by atoms with E-state index in [1.54, 1.807) is 0 Å². The van der Waals surface area contributed by atoms with E-state index < -0.39 is 0 Å². The summed E-state index contributed by atoms with van der Waals surface area (Å²) in [7, 11) is 0. The van der Waals surface area contributed by atoms with Gasteiger partial charge in [0.05, 0.1) is 0 Å². The molecule has 1 aliphatic rings. The first kappa shape index (κ1) is 12.9. The largest absolute Gasteiger partial charge is 0.324 e. The van der Waals surface area contributed by atoms with Crippen molar-refractivity contribution in [2.75, 3.05) is 0 Å². The summed E-state index contributed by atoms with van der Waals surface area (Å²) in [5.41, 5.74) is 10.1. The van der Waals surface area contributed by atoms with Crippen molar-refractivity contribution in [3.63, 3.8) is 0 Å². The van der Waals surface area contributed by atoms with Gasteiger partial charge in [0.1, 0.15) is 0 Å². The van der Waals surface area contributed by atoms with Crippen LogP contribution >= 0.6 is 11.6 Å². The number of aryl methyl sites for hydroxylation is 2. The van der Waals surface area contributed by atoms with E-state index in [2.05, 4.69) is 26.8 Å².